The Hall–Kier alpha value is -3.85. The Balaban J connectivity index is 1.91. The van der Waals surface area contributed by atoms with Crippen LogP contribution in [0.15, 0.2) is 71.2 Å². The van der Waals surface area contributed by atoms with Crippen molar-refractivity contribution in [3.05, 3.63) is 82.3 Å². The lowest BCUT2D eigenvalue weighted by Gasteiger charge is -2.43. The van der Waals surface area contributed by atoms with Crippen LogP contribution in [-0.2, 0) is 15.0 Å². The number of ketones is 1. The van der Waals surface area contributed by atoms with Crippen LogP contribution in [0.5, 0.6) is 0 Å². The van der Waals surface area contributed by atoms with Crippen LogP contribution in [0.1, 0.15) is 30.4 Å². The van der Waals surface area contributed by atoms with Crippen molar-refractivity contribution >= 4 is 23.1 Å². The Morgan fingerprint density at radius 3 is 2.60 bits per heavy atom. The summed E-state index contributed by atoms with van der Waals surface area (Å²) in [5, 5.41) is 13.1. The summed E-state index contributed by atoms with van der Waals surface area (Å²) in [7, 11) is 0. The van der Waals surface area contributed by atoms with E-state index in [4.69, 9.17) is 5.73 Å². The zero-order valence-corrected chi connectivity index (χ0v) is 16.5. The largest absolute Gasteiger partial charge is 0.384 e. The number of carbonyl (C=O) groups excluding carboxylic acids is 2. The molecule has 0 aromatic heterocycles. The van der Waals surface area contributed by atoms with Crippen molar-refractivity contribution in [1.29, 1.82) is 5.26 Å². The van der Waals surface area contributed by atoms with Gasteiger partial charge in [-0.3, -0.25) is 14.5 Å². The fourth-order valence-corrected chi connectivity index (χ4v) is 5.04. The highest BCUT2D eigenvalue weighted by Gasteiger charge is 2.60. The van der Waals surface area contributed by atoms with Gasteiger partial charge in [0, 0.05) is 28.9 Å². The van der Waals surface area contributed by atoms with Gasteiger partial charge in [0.15, 0.2) is 5.78 Å². The van der Waals surface area contributed by atoms with E-state index in [-0.39, 0.29) is 17.2 Å². The summed E-state index contributed by atoms with van der Waals surface area (Å²) >= 11 is 0. The predicted molar refractivity (Wildman–Crippen MR) is 113 cm³/mol. The third-order valence-corrected chi connectivity index (χ3v) is 6.29. The number of hydrogen-bond acceptors (Lipinski definition) is 5. The first-order valence-electron chi connectivity index (χ1n) is 9.95. The number of nitrogens with one attached hydrogen (secondary N) is 1. The molecule has 0 radical (unpaired) electrons. The van der Waals surface area contributed by atoms with Crippen molar-refractivity contribution in [2.24, 2.45) is 5.73 Å². The van der Waals surface area contributed by atoms with Crippen LogP contribution >= 0.6 is 0 Å². The van der Waals surface area contributed by atoms with Gasteiger partial charge in [-0.05, 0) is 37.5 Å². The number of hydrogen-bond donors (Lipinski definition) is 2. The molecule has 30 heavy (non-hydrogen) atoms. The highest BCUT2D eigenvalue weighted by atomic mass is 16.2. The van der Waals surface area contributed by atoms with Crippen molar-refractivity contribution in [3.63, 3.8) is 0 Å². The molecule has 0 saturated carbocycles. The first-order chi connectivity index (χ1) is 14.5. The minimum absolute atomic E-state index is 0.0993. The van der Waals surface area contributed by atoms with Gasteiger partial charge in [0.25, 0.3) is 0 Å². The standard InChI is InChI=1S/C24H20N4O2/c1-14-7-2-5-10-18(14)28-19-11-6-12-20(29)21(19)24(16(13-25)22(28)26)15-8-3-4-9-17(15)27-23(24)30/h2-5,7-10H,6,11-12,26H2,1H3,(H,27,30)/t24-/m1/s1. The molecule has 3 N–H and O–H groups in total. The van der Waals surface area contributed by atoms with Crippen molar-refractivity contribution in [1.82, 2.24) is 0 Å². The van der Waals surface area contributed by atoms with E-state index in [9.17, 15) is 14.9 Å². The maximum Gasteiger partial charge on any atom is 0.245 e. The smallest absolute Gasteiger partial charge is 0.245 e. The molecule has 2 heterocycles. The highest BCUT2D eigenvalue weighted by molar-refractivity contribution is 6.19. The van der Waals surface area contributed by atoms with Crippen LogP contribution in [-0.4, -0.2) is 11.7 Å². The Morgan fingerprint density at radius 2 is 1.83 bits per heavy atom. The van der Waals surface area contributed by atoms with Gasteiger partial charge >= 0.3 is 0 Å². The molecule has 148 valence electrons. The lowest BCUT2D eigenvalue weighted by atomic mass is 9.64. The average Bonchev–Trinajstić information content (AvgIpc) is 3.02. The third-order valence-electron chi connectivity index (χ3n) is 6.29. The normalized spacial score (nSPS) is 22.7. The maximum atomic E-state index is 13.5. The lowest BCUT2D eigenvalue weighted by molar-refractivity contribution is -0.122. The molecule has 5 rings (SSSR count). The number of anilines is 2. The first-order valence-corrected chi connectivity index (χ1v) is 9.95. The predicted octanol–water partition coefficient (Wildman–Crippen LogP) is 3.41. The molecule has 0 bridgehead atoms. The van der Waals surface area contributed by atoms with E-state index < -0.39 is 11.3 Å². The van der Waals surface area contributed by atoms with Gasteiger partial charge in [0.2, 0.25) is 5.91 Å². The molecule has 1 amide bonds. The van der Waals surface area contributed by atoms with Crippen molar-refractivity contribution in [3.8, 4) is 6.07 Å². The first kappa shape index (κ1) is 18.2. The number of carbonyl (C=O) groups is 2. The minimum Gasteiger partial charge on any atom is -0.384 e. The molecular formula is C24H20N4O2. The van der Waals surface area contributed by atoms with Crippen LogP contribution in [0.3, 0.4) is 0 Å². The average molecular weight is 396 g/mol. The lowest BCUT2D eigenvalue weighted by Crippen LogP contribution is -2.50. The van der Waals surface area contributed by atoms with E-state index in [1.807, 2.05) is 43.3 Å². The molecule has 1 atom stereocenters. The second-order valence-corrected chi connectivity index (χ2v) is 7.84. The Bertz CT molecular complexity index is 1230. The Kier molecular flexibility index (Phi) is 3.84. The molecule has 3 aliphatic rings. The Labute approximate surface area is 174 Å². The molecule has 0 unspecified atom stereocenters. The molecule has 2 aromatic rings. The summed E-state index contributed by atoms with van der Waals surface area (Å²) in [5.41, 5.74) is 9.31. The number of rotatable bonds is 1. The van der Waals surface area contributed by atoms with Crippen LogP contribution in [0.2, 0.25) is 0 Å². The number of nitriles is 1. The summed E-state index contributed by atoms with van der Waals surface area (Å²) in [6, 6.07) is 17.1. The summed E-state index contributed by atoms with van der Waals surface area (Å²) in [6.45, 7) is 1.96. The van der Waals surface area contributed by atoms with Crippen molar-refractivity contribution in [2.75, 3.05) is 10.2 Å². The second-order valence-electron chi connectivity index (χ2n) is 7.84. The number of amides is 1. The van der Waals surface area contributed by atoms with Gasteiger partial charge in [-0.15, -0.1) is 0 Å². The number of para-hydroxylation sites is 2. The molecular weight excluding hydrogens is 376 g/mol. The van der Waals surface area contributed by atoms with Crippen LogP contribution in [0.4, 0.5) is 11.4 Å². The van der Waals surface area contributed by atoms with Gasteiger partial charge < -0.3 is 11.1 Å². The summed E-state index contributed by atoms with van der Waals surface area (Å²) < 4.78 is 0. The van der Waals surface area contributed by atoms with Crippen molar-refractivity contribution < 1.29 is 9.59 Å². The number of aryl methyl sites for hydroxylation is 1. The monoisotopic (exact) mass is 396 g/mol. The molecule has 0 fully saturated rings. The summed E-state index contributed by atoms with van der Waals surface area (Å²) in [4.78, 5) is 28.6. The fourth-order valence-electron chi connectivity index (χ4n) is 5.04. The number of allylic oxidation sites excluding steroid dienone is 1. The van der Waals surface area contributed by atoms with Crippen LogP contribution < -0.4 is 16.0 Å². The number of nitrogens with zero attached hydrogens (tertiary/aromatic N) is 2. The van der Waals surface area contributed by atoms with E-state index in [0.717, 1.165) is 11.3 Å². The van der Waals surface area contributed by atoms with Crippen LogP contribution in [0.25, 0.3) is 0 Å². The highest BCUT2D eigenvalue weighted by Crippen LogP contribution is 2.55. The van der Waals surface area contributed by atoms with E-state index in [1.54, 1.807) is 17.0 Å². The minimum atomic E-state index is -1.50. The third kappa shape index (κ3) is 2.12. The van der Waals surface area contributed by atoms with Crippen LogP contribution in [0, 0.1) is 18.3 Å². The molecule has 1 aliphatic carbocycles. The molecule has 2 aliphatic heterocycles. The summed E-state index contributed by atoms with van der Waals surface area (Å²) in [6.07, 6.45) is 1.62. The molecule has 0 saturated heterocycles. The zero-order chi connectivity index (χ0) is 21.0. The second kappa shape index (κ2) is 6.33. The number of nitrogens with two attached hydrogens (primary N) is 1. The topological polar surface area (TPSA) is 99.2 Å². The molecule has 6 heteroatoms. The number of benzene rings is 2. The SMILES string of the molecule is Cc1ccccc1N1C(N)=C(C#N)[C@@]2(C(=O)Nc3ccccc32)C2=C1CCCC2=O. The summed E-state index contributed by atoms with van der Waals surface area (Å²) in [5.74, 6) is -0.301. The Morgan fingerprint density at radius 1 is 1.10 bits per heavy atom. The van der Waals surface area contributed by atoms with E-state index >= 15 is 0 Å². The molecule has 1 spiro atoms. The van der Waals surface area contributed by atoms with Crippen molar-refractivity contribution in [2.45, 2.75) is 31.6 Å². The molecule has 2 aromatic carbocycles. The fraction of sp³-hybridized carbons (Fsp3) is 0.208. The maximum absolute atomic E-state index is 13.5. The van der Waals surface area contributed by atoms with Gasteiger partial charge in [0.1, 0.15) is 17.3 Å². The van der Waals surface area contributed by atoms with Gasteiger partial charge in [0.05, 0.1) is 11.3 Å². The quantitative estimate of drug-likeness (QED) is 0.770. The van der Waals surface area contributed by atoms with Gasteiger partial charge in [-0.1, -0.05) is 36.4 Å². The van der Waals surface area contributed by atoms with Gasteiger partial charge in [-0.25, -0.2) is 0 Å². The van der Waals surface area contributed by atoms with E-state index in [1.165, 1.54) is 0 Å². The van der Waals surface area contributed by atoms with E-state index in [0.29, 0.717) is 41.8 Å². The van der Waals surface area contributed by atoms with Gasteiger partial charge in [-0.2, -0.15) is 5.26 Å². The number of fused-ring (bicyclic) bond motifs is 3. The zero-order valence-electron chi connectivity index (χ0n) is 16.5. The molecule has 6 nitrogen and oxygen atoms in total. The number of Topliss-reactive ketones (excluding diaryl/α,β-unsaturated/α-hetero) is 1. The van der Waals surface area contributed by atoms with E-state index in [2.05, 4.69) is 11.4 Å².